The van der Waals surface area contributed by atoms with Crippen molar-refractivity contribution in [1.82, 2.24) is 15.3 Å². The number of nitrogens with one attached hydrogen (secondary N) is 2. The number of amides is 1. The van der Waals surface area contributed by atoms with Crippen LogP contribution in [0.1, 0.15) is 15.9 Å². The summed E-state index contributed by atoms with van der Waals surface area (Å²) < 4.78 is 5.23. The number of methoxy groups -OCH3 is 1. The Hall–Kier alpha value is -3.61. The second-order valence-electron chi connectivity index (χ2n) is 5.86. The fourth-order valence-corrected chi connectivity index (χ4v) is 3.01. The molecule has 0 aliphatic carbocycles. The van der Waals surface area contributed by atoms with Gasteiger partial charge in [-0.25, -0.2) is 9.97 Å². The van der Waals surface area contributed by atoms with Gasteiger partial charge in [0.15, 0.2) is 0 Å². The molecule has 0 spiro atoms. The van der Waals surface area contributed by atoms with Crippen molar-refractivity contribution in [2.45, 2.75) is 6.54 Å². The lowest BCUT2D eigenvalue weighted by molar-refractivity contribution is 0.0966. The van der Waals surface area contributed by atoms with Crippen LogP contribution < -0.4 is 21.1 Å². The minimum Gasteiger partial charge on any atom is -0.497 e. The quantitative estimate of drug-likeness (QED) is 0.627. The molecule has 1 amide bonds. The van der Waals surface area contributed by atoms with Crippen molar-refractivity contribution in [1.29, 1.82) is 0 Å². The van der Waals surface area contributed by atoms with E-state index in [0.29, 0.717) is 23.7 Å². The zero-order valence-electron chi connectivity index (χ0n) is 14.1. The van der Waals surface area contributed by atoms with E-state index in [1.54, 1.807) is 19.4 Å². The number of nitrogens with zero attached hydrogens (tertiary/aromatic N) is 2. The van der Waals surface area contributed by atoms with E-state index in [-0.39, 0.29) is 5.91 Å². The number of carbonyl (C=O) groups excluding carboxylic acids is 1. The standard InChI is InChI=1S/C19H17N5O2/c1-26-12-4-2-3-11(9-12)23-19-21-8-7-16(24-19)13-5-6-15(20)17-14(13)10-22-18(17)25/h2-9H,10,20H2,1H3,(H,22,25)(H,21,23,24). The van der Waals surface area contributed by atoms with E-state index in [1.165, 1.54) is 0 Å². The van der Waals surface area contributed by atoms with Crippen molar-refractivity contribution in [2.24, 2.45) is 0 Å². The highest BCUT2D eigenvalue weighted by molar-refractivity contribution is 6.05. The van der Waals surface area contributed by atoms with Crippen molar-refractivity contribution >= 4 is 23.2 Å². The van der Waals surface area contributed by atoms with Gasteiger partial charge in [0.25, 0.3) is 5.91 Å². The van der Waals surface area contributed by atoms with Crippen molar-refractivity contribution in [3.63, 3.8) is 0 Å². The molecular weight excluding hydrogens is 330 g/mol. The van der Waals surface area contributed by atoms with Gasteiger partial charge in [-0.2, -0.15) is 0 Å². The largest absolute Gasteiger partial charge is 0.497 e. The third-order valence-corrected chi connectivity index (χ3v) is 4.26. The van der Waals surface area contributed by atoms with Crippen LogP contribution in [0.15, 0.2) is 48.7 Å². The molecule has 0 unspecified atom stereocenters. The summed E-state index contributed by atoms with van der Waals surface area (Å²) in [7, 11) is 1.62. The molecule has 0 saturated carbocycles. The summed E-state index contributed by atoms with van der Waals surface area (Å²) in [6.45, 7) is 0.442. The van der Waals surface area contributed by atoms with Gasteiger partial charge < -0.3 is 21.1 Å². The maximum absolute atomic E-state index is 12.0. The SMILES string of the molecule is COc1cccc(Nc2nccc(-c3ccc(N)c4c3CNC4=O)n2)c1. The Morgan fingerprint density at radius 3 is 2.96 bits per heavy atom. The summed E-state index contributed by atoms with van der Waals surface area (Å²) in [6.07, 6.45) is 1.68. The fraction of sp³-hybridized carbons (Fsp3) is 0.105. The summed E-state index contributed by atoms with van der Waals surface area (Å²) in [5.74, 6) is 1.05. The highest BCUT2D eigenvalue weighted by Crippen LogP contribution is 2.32. The second kappa shape index (κ2) is 6.36. The molecule has 7 nitrogen and oxygen atoms in total. The van der Waals surface area contributed by atoms with Crippen LogP contribution >= 0.6 is 0 Å². The molecule has 2 heterocycles. The van der Waals surface area contributed by atoms with Crippen LogP contribution in [0, 0.1) is 0 Å². The van der Waals surface area contributed by atoms with Gasteiger partial charge >= 0.3 is 0 Å². The minimum absolute atomic E-state index is 0.150. The van der Waals surface area contributed by atoms with E-state index in [9.17, 15) is 4.79 Å². The number of hydrogen-bond acceptors (Lipinski definition) is 6. The molecule has 2 aromatic carbocycles. The highest BCUT2D eigenvalue weighted by Gasteiger charge is 2.25. The number of carbonyl (C=O) groups is 1. The van der Waals surface area contributed by atoms with Crippen molar-refractivity contribution < 1.29 is 9.53 Å². The zero-order valence-corrected chi connectivity index (χ0v) is 14.1. The van der Waals surface area contributed by atoms with E-state index >= 15 is 0 Å². The number of hydrogen-bond donors (Lipinski definition) is 3. The molecule has 3 aromatic rings. The first-order chi connectivity index (χ1) is 12.7. The number of rotatable bonds is 4. The van der Waals surface area contributed by atoms with Crippen LogP contribution in [0.25, 0.3) is 11.3 Å². The van der Waals surface area contributed by atoms with Crippen LogP contribution in [0.3, 0.4) is 0 Å². The van der Waals surface area contributed by atoms with Crippen molar-refractivity contribution in [3.05, 3.63) is 59.8 Å². The van der Waals surface area contributed by atoms with Crippen LogP contribution in [0.5, 0.6) is 5.75 Å². The summed E-state index contributed by atoms with van der Waals surface area (Å²) >= 11 is 0. The Bertz CT molecular complexity index is 1000. The lowest BCUT2D eigenvalue weighted by Crippen LogP contribution is -2.13. The molecule has 0 radical (unpaired) electrons. The number of nitrogen functional groups attached to an aromatic ring is 1. The van der Waals surface area contributed by atoms with Crippen LogP contribution in [0.2, 0.25) is 0 Å². The first kappa shape index (κ1) is 15.9. The number of nitrogens with two attached hydrogens (primary N) is 1. The molecule has 0 saturated heterocycles. The molecule has 7 heteroatoms. The van der Waals surface area contributed by atoms with E-state index in [4.69, 9.17) is 10.5 Å². The minimum atomic E-state index is -0.150. The van der Waals surface area contributed by atoms with Crippen molar-refractivity contribution in [3.8, 4) is 17.0 Å². The number of anilines is 3. The summed E-state index contributed by atoms with van der Waals surface area (Å²) in [5.41, 5.74) is 10.2. The molecule has 1 aromatic heterocycles. The van der Waals surface area contributed by atoms with E-state index in [1.807, 2.05) is 36.4 Å². The highest BCUT2D eigenvalue weighted by atomic mass is 16.5. The topological polar surface area (TPSA) is 102 Å². The first-order valence-corrected chi connectivity index (χ1v) is 8.10. The third kappa shape index (κ3) is 2.79. The molecule has 26 heavy (non-hydrogen) atoms. The lowest BCUT2D eigenvalue weighted by atomic mass is 9.99. The predicted octanol–water partition coefficient (Wildman–Crippen LogP) is 2.72. The van der Waals surface area contributed by atoms with Crippen LogP contribution in [0.4, 0.5) is 17.3 Å². The number of fused-ring (bicyclic) bond motifs is 1. The Kier molecular flexibility index (Phi) is 3.89. The third-order valence-electron chi connectivity index (χ3n) is 4.26. The number of aromatic nitrogens is 2. The Balaban J connectivity index is 1.70. The molecule has 0 bridgehead atoms. The molecule has 4 N–H and O–H groups in total. The molecular formula is C19H17N5O2. The van der Waals surface area contributed by atoms with Gasteiger partial charge in [0, 0.05) is 35.7 Å². The van der Waals surface area contributed by atoms with E-state index < -0.39 is 0 Å². The molecule has 0 atom stereocenters. The molecule has 0 fully saturated rings. The fourth-order valence-electron chi connectivity index (χ4n) is 3.01. The van der Waals surface area contributed by atoms with Gasteiger partial charge in [0.1, 0.15) is 5.75 Å². The predicted molar refractivity (Wildman–Crippen MR) is 99.3 cm³/mol. The zero-order chi connectivity index (χ0) is 18.1. The monoisotopic (exact) mass is 347 g/mol. The average Bonchev–Trinajstić information content (AvgIpc) is 3.05. The maximum Gasteiger partial charge on any atom is 0.254 e. The Morgan fingerprint density at radius 2 is 2.12 bits per heavy atom. The van der Waals surface area contributed by atoms with Gasteiger partial charge in [-0.05, 0) is 29.8 Å². The Morgan fingerprint density at radius 1 is 1.23 bits per heavy atom. The van der Waals surface area contributed by atoms with Crippen LogP contribution in [-0.4, -0.2) is 23.0 Å². The molecule has 4 rings (SSSR count). The lowest BCUT2D eigenvalue weighted by Gasteiger charge is -2.11. The van der Waals surface area contributed by atoms with E-state index in [0.717, 1.165) is 28.3 Å². The second-order valence-corrected chi connectivity index (χ2v) is 5.86. The molecule has 1 aliphatic rings. The van der Waals surface area contributed by atoms with Gasteiger partial charge in [-0.1, -0.05) is 12.1 Å². The number of benzene rings is 2. The van der Waals surface area contributed by atoms with Crippen molar-refractivity contribution in [2.75, 3.05) is 18.2 Å². The first-order valence-electron chi connectivity index (χ1n) is 8.10. The molecule has 1 aliphatic heterocycles. The summed E-state index contributed by atoms with van der Waals surface area (Å²) in [4.78, 5) is 20.8. The summed E-state index contributed by atoms with van der Waals surface area (Å²) in [6, 6.07) is 12.9. The van der Waals surface area contributed by atoms with Gasteiger partial charge in [-0.3, -0.25) is 4.79 Å². The average molecular weight is 347 g/mol. The van der Waals surface area contributed by atoms with E-state index in [2.05, 4.69) is 20.6 Å². The summed E-state index contributed by atoms with van der Waals surface area (Å²) in [5, 5.41) is 5.98. The normalized spacial score (nSPS) is 12.4. The van der Waals surface area contributed by atoms with Gasteiger partial charge in [0.05, 0.1) is 18.4 Å². The van der Waals surface area contributed by atoms with Crippen LogP contribution in [-0.2, 0) is 6.54 Å². The maximum atomic E-state index is 12.0. The van der Waals surface area contributed by atoms with Gasteiger partial charge in [0.2, 0.25) is 5.95 Å². The smallest absolute Gasteiger partial charge is 0.254 e. The Labute approximate surface area is 150 Å². The number of ether oxygens (including phenoxy) is 1. The van der Waals surface area contributed by atoms with Gasteiger partial charge in [-0.15, -0.1) is 0 Å². The molecule has 130 valence electrons.